The van der Waals surface area contributed by atoms with E-state index in [-0.39, 0.29) is 4.90 Å². The molecule has 1 heterocycles. The molecule has 0 N–H and O–H groups in total. The molecule has 6 heteroatoms. The smallest absolute Gasteiger partial charge is 0.267 e. The van der Waals surface area contributed by atoms with Crippen LogP contribution in [0, 0.1) is 13.8 Å². The van der Waals surface area contributed by atoms with Crippen LogP contribution in [-0.2, 0) is 16.6 Å². The van der Waals surface area contributed by atoms with Crippen molar-refractivity contribution in [2.75, 3.05) is 10.8 Å². The van der Waals surface area contributed by atoms with E-state index in [2.05, 4.69) is 5.10 Å². The lowest BCUT2D eigenvalue weighted by atomic mass is 10.2. The number of hydrogen-bond acceptors (Lipinski definition) is 3. The molecule has 0 saturated heterocycles. The summed E-state index contributed by atoms with van der Waals surface area (Å²) in [6.07, 6.45) is 1.62. The van der Waals surface area contributed by atoms with Crippen LogP contribution < -0.4 is 4.31 Å². The Balaban J connectivity index is 1.96. The summed E-state index contributed by atoms with van der Waals surface area (Å²) in [5.41, 5.74) is 3.27. The van der Waals surface area contributed by atoms with E-state index in [0.29, 0.717) is 24.5 Å². The Morgan fingerprint density at radius 3 is 2.42 bits per heavy atom. The third kappa shape index (κ3) is 3.65. The van der Waals surface area contributed by atoms with Gasteiger partial charge in [-0.15, -0.1) is 0 Å². The Morgan fingerprint density at radius 2 is 1.77 bits per heavy atom. The van der Waals surface area contributed by atoms with Crippen molar-refractivity contribution in [2.24, 2.45) is 0 Å². The zero-order valence-corrected chi connectivity index (χ0v) is 16.1. The Bertz CT molecular complexity index is 995. The Kier molecular flexibility index (Phi) is 5.13. The van der Waals surface area contributed by atoms with Gasteiger partial charge in [-0.25, -0.2) is 8.42 Å². The summed E-state index contributed by atoms with van der Waals surface area (Å²) in [4.78, 5) is 0.247. The van der Waals surface area contributed by atoms with Crippen LogP contribution in [0.1, 0.15) is 23.7 Å². The minimum atomic E-state index is -3.67. The molecule has 0 saturated carbocycles. The second-order valence-electron chi connectivity index (χ2n) is 6.27. The second kappa shape index (κ2) is 7.33. The molecule has 0 amide bonds. The summed E-state index contributed by atoms with van der Waals surface area (Å²) in [6.45, 7) is 6.41. The standard InChI is InChI=1S/C20H23N3O2S/c1-4-23(19-12-8-9-16(2)13-19)26(24,25)20-15-22(21-17(20)3)14-18-10-6-5-7-11-18/h5-13,15H,4,14H2,1-3H3. The fourth-order valence-electron chi connectivity index (χ4n) is 3.00. The van der Waals surface area contributed by atoms with Crippen molar-refractivity contribution in [3.8, 4) is 0 Å². The Hall–Kier alpha value is -2.60. The van der Waals surface area contributed by atoms with Crippen LogP contribution in [-0.4, -0.2) is 24.7 Å². The zero-order chi connectivity index (χ0) is 18.7. The fourth-order valence-corrected chi connectivity index (χ4v) is 4.63. The number of sulfonamides is 1. The molecular formula is C20H23N3O2S. The van der Waals surface area contributed by atoms with Gasteiger partial charge in [0.1, 0.15) is 4.90 Å². The van der Waals surface area contributed by atoms with Gasteiger partial charge in [0, 0.05) is 12.7 Å². The number of hydrogen-bond donors (Lipinski definition) is 0. The molecule has 26 heavy (non-hydrogen) atoms. The molecule has 2 aromatic carbocycles. The van der Waals surface area contributed by atoms with Crippen LogP contribution in [0.15, 0.2) is 65.7 Å². The third-order valence-corrected chi connectivity index (χ3v) is 6.24. The summed E-state index contributed by atoms with van der Waals surface area (Å²) < 4.78 is 29.6. The molecule has 0 unspecified atom stereocenters. The number of anilines is 1. The van der Waals surface area contributed by atoms with Gasteiger partial charge in [-0.2, -0.15) is 5.10 Å². The maximum atomic E-state index is 13.2. The first-order valence-electron chi connectivity index (χ1n) is 8.59. The van der Waals surface area contributed by atoms with E-state index in [0.717, 1.165) is 11.1 Å². The molecule has 1 aromatic heterocycles. The van der Waals surface area contributed by atoms with E-state index < -0.39 is 10.0 Å². The van der Waals surface area contributed by atoms with Gasteiger partial charge in [-0.3, -0.25) is 8.99 Å². The Labute approximate surface area is 154 Å². The van der Waals surface area contributed by atoms with Crippen LogP contribution in [0.5, 0.6) is 0 Å². The van der Waals surface area contributed by atoms with E-state index >= 15 is 0 Å². The Morgan fingerprint density at radius 1 is 1.04 bits per heavy atom. The maximum Gasteiger partial charge on any atom is 0.267 e. The molecule has 0 aliphatic rings. The van der Waals surface area contributed by atoms with Gasteiger partial charge in [-0.05, 0) is 44.0 Å². The van der Waals surface area contributed by atoms with Crippen molar-refractivity contribution in [2.45, 2.75) is 32.2 Å². The molecule has 0 atom stereocenters. The number of aryl methyl sites for hydroxylation is 2. The van der Waals surface area contributed by atoms with Crippen molar-refractivity contribution in [3.63, 3.8) is 0 Å². The van der Waals surface area contributed by atoms with Crippen LogP contribution in [0.25, 0.3) is 0 Å². The summed E-state index contributed by atoms with van der Waals surface area (Å²) in [5, 5.41) is 4.41. The van der Waals surface area contributed by atoms with Gasteiger partial charge in [0.05, 0.1) is 17.9 Å². The summed E-state index contributed by atoms with van der Waals surface area (Å²) in [7, 11) is -3.67. The minimum Gasteiger partial charge on any atom is -0.267 e. The monoisotopic (exact) mass is 369 g/mol. The highest BCUT2D eigenvalue weighted by molar-refractivity contribution is 7.92. The molecule has 0 spiro atoms. The minimum absolute atomic E-state index is 0.247. The second-order valence-corrected chi connectivity index (χ2v) is 8.10. The predicted molar refractivity (Wildman–Crippen MR) is 104 cm³/mol. The highest BCUT2D eigenvalue weighted by atomic mass is 32.2. The van der Waals surface area contributed by atoms with Crippen LogP contribution in [0.3, 0.4) is 0 Å². The summed E-state index contributed by atoms with van der Waals surface area (Å²) in [6, 6.07) is 17.4. The lowest BCUT2D eigenvalue weighted by Gasteiger charge is -2.22. The quantitative estimate of drug-likeness (QED) is 0.665. The first-order chi connectivity index (χ1) is 12.4. The van der Waals surface area contributed by atoms with E-state index in [1.165, 1.54) is 4.31 Å². The number of aromatic nitrogens is 2. The normalized spacial score (nSPS) is 11.5. The fraction of sp³-hybridized carbons (Fsp3) is 0.250. The average molecular weight is 369 g/mol. The van der Waals surface area contributed by atoms with Gasteiger partial charge in [0.2, 0.25) is 0 Å². The van der Waals surface area contributed by atoms with Crippen LogP contribution >= 0.6 is 0 Å². The van der Waals surface area contributed by atoms with E-state index in [4.69, 9.17) is 0 Å². The van der Waals surface area contributed by atoms with Crippen molar-refractivity contribution in [1.29, 1.82) is 0 Å². The summed E-state index contributed by atoms with van der Waals surface area (Å²) >= 11 is 0. The molecule has 0 fully saturated rings. The SMILES string of the molecule is CCN(c1cccc(C)c1)S(=O)(=O)c1cn(Cc2ccccc2)nc1C. The van der Waals surface area contributed by atoms with Gasteiger partial charge in [0.25, 0.3) is 10.0 Å². The van der Waals surface area contributed by atoms with Gasteiger partial charge < -0.3 is 0 Å². The first-order valence-corrected chi connectivity index (χ1v) is 10.0. The molecule has 5 nitrogen and oxygen atoms in total. The van der Waals surface area contributed by atoms with E-state index in [1.807, 2.05) is 68.4 Å². The largest absolute Gasteiger partial charge is 0.267 e. The first kappa shape index (κ1) is 18.2. The molecule has 0 radical (unpaired) electrons. The number of nitrogens with zero attached hydrogens (tertiary/aromatic N) is 3. The van der Waals surface area contributed by atoms with Crippen molar-refractivity contribution in [3.05, 3.63) is 77.6 Å². The topological polar surface area (TPSA) is 55.2 Å². The molecule has 0 aliphatic heterocycles. The lowest BCUT2D eigenvalue weighted by Crippen LogP contribution is -2.31. The predicted octanol–water partition coefficient (Wildman–Crippen LogP) is 3.76. The zero-order valence-electron chi connectivity index (χ0n) is 15.3. The third-order valence-electron chi connectivity index (χ3n) is 4.23. The maximum absolute atomic E-state index is 13.2. The summed E-state index contributed by atoms with van der Waals surface area (Å²) in [5.74, 6) is 0. The van der Waals surface area contributed by atoms with Crippen molar-refractivity contribution < 1.29 is 8.42 Å². The van der Waals surface area contributed by atoms with Gasteiger partial charge in [0.15, 0.2) is 0 Å². The van der Waals surface area contributed by atoms with Crippen molar-refractivity contribution in [1.82, 2.24) is 9.78 Å². The van der Waals surface area contributed by atoms with Crippen molar-refractivity contribution >= 4 is 15.7 Å². The molecule has 3 rings (SSSR count). The van der Waals surface area contributed by atoms with Crippen LogP contribution in [0.2, 0.25) is 0 Å². The van der Waals surface area contributed by atoms with Crippen LogP contribution in [0.4, 0.5) is 5.69 Å². The van der Waals surface area contributed by atoms with E-state index in [1.54, 1.807) is 17.8 Å². The lowest BCUT2D eigenvalue weighted by molar-refractivity contribution is 0.591. The molecule has 136 valence electrons. The number of rotatable bonds is 6. The van der Waals surface area contributed by atoms with E-state index in [9.17, 15) is 8.42 Å². The molecule has 0 bridgehead atoms. The average Bonchev–Trinajstić information content (AvgIpc) is 2.97. The number of benzene rings is 2. The molecule has 0 aliphatic carbocycles. The molecule has 3 aromatic rings. The van der Waals surface area contributed by atoms with Gasteiger partial charge in [-0.1, -0.05) is 42.5 Å². The highest BCUT2D eigenvalue weighted by Crippen LogP contribution is 2.26. The molecular weight excluding hydrogens is 346 g/mol. The highest BCUT2D eigenvalue weighted by Gasteiger charge is 2.27. The van der Waals surface area contributed by atoms with Gasteiger partial charge >= 0.3 is 0 Å².